The van der Waals surface area contributed by atoms with Crippen LogP contribution in [0.1, 0.15) is 26.7 Å². The van der Waals surface area contributed by atoms with Crippen LogP contribution in [0.25, 0.3) is 0 Å². The maximum Gasteiger partial charge on any atom is 0.365 e. The van der Waals surface area contributed by atoms with Gasteiger partial charge in [-0.1, -0.05) is 36.7 Å². The van der Waals surface area contributed by atoms with E-state index in [0.29, 0.717) is 16.3 Å². The highest BCUT2D eigenvalue weighted by atomic mass is 35.5. The van der Waals surface area contributed by atoms with E-state index < -0.39 is 10.3 Å². The van der Waals surface area contributed by atoms with Crippen LogP contribution < -0.4 is 5.01 Å². The average Bonchev–Trinajstić information content (AvgIpc) is 3.23. The Morgan fingerprint density at radius 1 is 1.17 bits per heavy atom. The van der Waals surface area contributed by atoms with E-state index in [-0.39, 0.29) is 17.6 Å². The molecule has 0 amide bonds. The predicted octanol–water partition coefficient (Wildman–Crippen LogP) is 4.24. The lowest BCUT2D eigenvalue weighted by Crippen LogP contribution is -2.47. The van der Waals surface area contributed by atoms with E-state index in [9.17, 15) is 9.59 Å². The number of hydrazone groups is 1. The fraction of sp³-hybridized carbons (Fsp3) is 0.421. The Balaban J connectivity index is 2.07. The zero-order valence-electron chi connectivity index (χ0n) is 16.6. The summed E-state index contributed by atoms with van der Waals surface area (Å²) in [7, 11) is 3.22. The van der Waals surface area contributed by atoms with Crippen molar-refractivity contribution >= 4 is 57.8 Å². The summed E-state index contributed by atoms with van der Waals surface area (Å²) in [4.78, 5) is 27.5. The highest BCUT2D eigenvalue weighted by molar-refractivity contribution is 8.28. The number of anilines is 1. The lowest BCUT2D eigenvalue weighted by Gasteiger charge is -2.39. The first-order valence-electron chi connectivity index (χ1n) is 9.12. The van der Waals surface area contributed by atoms with Gasteiger partial charge in [-0.25, -0.2) is 14.6 Å². The maximum atomic E-state index is 12.7. The van der Waals surface area contributed by atoms with Crippen molar-refractivity contribution in [1.29, 1.82) is 0 Å². The van der Waals surface area contributed by atoms with Gasteiger partial charge in [0, 0.05) is 17.8 Å². The fourth-order valence-corrected chi connectivity index (χ4v) is 6.09. The molecule has 10 heteroatoms. The zero-order valence-corrected chi connectivity index (χ0v) is 19.0. The third-order valence-corrected chi connectivity index (χ3v) is 7.62. The first-order valence-corrected chi connectivity index (χ1v) is 11.1. The highest BCUT2D eigenvalue weighted by Gasteiger charge is 2.57. The summed E-state index contributed by atoms with van der Waals surface area (Å²) >= 11 is 8.62. The van der Waals surface area contributed by atoms with Crippen molar-refractivity contribution in [3.63, 3.8) is 0 Å². The van der Waals surface area contributed by atoms with Crippen LogP contribution in [0.5, 0.6) is 0 Å². The molecule has 0 N–H and O–H groups in total. The van der Waals surface area contributed by atoms with E-state index in [2.05, 4.69) is 12.0 Å². The third kappa shape index (κ3) is 3.95. The number of methoxy groups -OCH3 is 1. The van der Waals surface area contributed by atoms with Crippen LogP contribution in [0, 0.1) is 0 Å². The summed E-state index contributed by atoms with van der Waals surface area (Å²) in [6.07, 6.45) is 1.55. The molecule has 0 aliphatic carbocycles. The molecule has 0 bridgehead atoms. The topological polar surface area (TPSA) is 71.4 Å². The van der Waals surface area contributed by atoms with Gasteiger partial charge >= 0.3 is 11.9 Å². The number of hydrogen-bond acceptors (Lipinski definition) is 9. The Labute approximate surface area is 183 Å². The summed E-state index contributed by atoms with van der Waals surface area (Å²) in [5.74, 6) is -0.894. The molecule has 2 aliphatic rings. The number of ether oxygens (including phenoxy) is 2. The largest absolute Gasteiger partial charge is 0.464 e. The van der Waals surface area contributed by atoms with Crippen LogP contribution in [0.15, 0.2) is 40.0 Å². The van der Waals surface area contributed by atoms with E-state index >= 15 is 0 Å². The second-order valence-corrected chi connectivity index (χ2v) is 9.28. The SMILES string of the molecule is CCCC1=C(C(=O)OCC)S[C@@]2(SC(C(=O)OC)=NN2c2ccc(Cl)cc2)N1C. The Bertz CT molecular complexity index is 875. The van der Waals surface area contributed by atoms with E-state index in [4.69, 9.17) is 21.1 Å². The Kier molecular flexibility index (Phi) is 6.70. The van der Waals surface area contributed by atoms with Gasteiger partial charge in [0.05, 0.1) is 19.4 Å². The fourth-order valence-electron chi connectivity index (χ4n) is 3.05. The molecule has 3 rings (SSSR count). The number of nitrogens with zero attached hydrogens (tertiary/aromatic N) is 3. The minimum absolute atomic E-state index is 0.211. The lowest BCUT2D eigenvalue weighted by atomic mass is 10.2. The quantitative estimate of drug-likeness (QED) is 0.589. The van der Waals surface area contributed by atoms with E-state index in [0.717, 1.165) is 17.8 Å². The Morgan fingerprint density at radius 2 is 1.86 bits per heavy atom. The number of esters is 2. The second-order valence-electron chi connectivity index (χ2n) is 6.24. The molecule has 1 aromatic carbocycles. The number of allylic oxidation sites excluding steroid dienone is 1. The summed E-state index contributed by atoms with van der Waals surface area (Å²) in [6, 6.07) is 7.16. The molecule has 1 atom stereocenters. The summed E-state index contributed by atoms with van der Waals surface area (Å²) in [5, 5.41) is 7.07. The van der Waals surface area contributed by atoms with Crippen molar-refractivity contribution in [2.24, 2.45) is 5.10 Å². The molecule has 1 aromatic rings. The van der Waals surface area contributed by atoms with Crippen LogP contribution in [-0.4, -0.2) is 47.0 Å². The molecular weight excluding hydrogens is 434 g/mol. The third-order valence-electron chi connectivity index (χ3n) is 4.39. The molecule has 0 saturated heterocycles. The molecule has 0 radical (unpaired) electrons. The smallest absolute Gasteiger partial charge is 0.365 e. The normalized spacial score (nSPS) is 21.1. The van der Waals surface area contributed by atoms with Crippen molar-refractivity contribution in [1.82, 2.24) is 4.90 Å². The van der Waals surface area contributed by atoms with Gasteiger partial charge in [-0.05, 0) is 49.4 Å². The highest BCUT2D eigenvalue weighted by Crippen LogP contribution is 2.59. The number of carbonyl (C=O) groups is 2. The molecule has 7 nitrogen and oxygen atoms in total. The molecule has 0 unspecified atom stereocenters. The van der Waals surface area contributed by atoms with Gasteiger partial charge in [0.15, 0.2) is 0 Å². The zero-order chi connectivity index (χ0) is 21.2. The number of rotatable bonds is 6. The minimum atomic E-state index is -0.885. The van der Waals surface area contributed by atoms with Gasteiger partial charge in [-0.3, -0.25) is 0 Å². The predicted molar refractivity (Wildman–Crippen MR) is 118 cm³/mol. The van der Waals surface area contributed by atoms with E-state index in [1.54, 1.807) is 24.1 Å². The molecular formula is C19H22ClN3O4S2. The van der Waals surface area contributed by atoms with Crippen molar-refractivity contribution in [3.8, 4) is 0 Å². The lowest BCUT2D eigenvalue weighted by molar-refractivity contribution is -0.137. The van der Waals surface area contributed by atoms with E-state index in [1.807, 2.05) is 24.1 Å². The van der Waals surface area contributed by atoms with Gasteiger partial charge in [-0.15, -0.1) is 0 Å². The van der Waals surface area contributed by atoms with Crippen LogP contribution >= 0.6 is 35.1 Å². The molecule has 0 fully saturated rings. The first kappa shape index (κ1) is 21.9. The van der Waals surface area contributed by atoms with Gasteiger partial charge in [0.1, 0.15) is 4.91 Å². The van der Waals surface area contributed by atoms with Crippen molar-refractivity contribution in [2.45, 2.75) is 31.0 Å². The molecule has 156 valence electrons. The molecule has 2 heterocycles. The summed E-state index contributed by atoms with van der Waals surface area (Å²) < 4.78 is 9.29. The Hall–Kier alpha value is -1.84. The number of thioether (sulfide) groups is 2. The number of benzene rings is 1. The standard InChI is InChI=1S/C19H22ClN3O4S2/c1-5-7-14-15(17(24)27-6-2)28-19(22(14)3)23(13-10-8-12(20)9-11-13)21-16(29-19)18(25)26-4/h8-11H,5-7H2,1-4H3/t19-/m1/s1. The number of hydrogen-bond donors (Lipinski definition) is 0. The number of carbonyl (C=O) groups excluding carboxylic acids is 2. The average molecular weight is 456 g/mol. The monoisotopic (exact) mass is 455 g/mol. The van der Waals surface area contributed by atoms with Crippen molar-refractivity contribution in [2.75, 3.05) is 25.8 Å². The summed E-state index contributed by atoms with van der Waals surface area (Å²) in [6.45, 7) is 4.12. The van der Waals surface area contributed by atoms with Crippen molar-refractivity contribution in [3.05, 3.63) is 39.9 Å². The molecule has 2 aliphatic heterocycles. The Morgan fingerprint density at radius 3 is 2.45 bits per heavy atom. The van der Waals surface area contributed by atoms with Gasteiger partial charge in [-0.2, -0.15) is 5.10 Å². The minimum Gasteiger partial charge on any atom is -0.464 e. The molecule has 0 aromatic heterocycles. The second kappa shape index (κ2) is 8.89. The first-order chi connectivity index (χ1) is 13.9. The van der Waals surface area contributed by atoms with Gasteiger partial charge in [0.25, 0.3) is 0 Å². The van der Waals surface area contributed by atoms with Crippen LogP contribution in [-0.2, 0) is 19.1 Å². The maximum absolute atomic E-state index is 12.7. The van der Waals surface area contributed by atoms with Gasteiger partial charge in [0.2, 0.25) is 9.37 Å². The van der Waals surface area contributed by atoms with Crippen LogP contribution in [0.4, 0.5) is 5.69 Å². The molecule has 29 heavy (non-hydrogen) atoms. The number of halogens is 1. The molecule has 0 saturated carbocycles. The van der Waals surface area contributed by atoms with E-state index in [1.165, 1.54) is 30.6 Å². The van der Waals surface area contributed by atoms with Crippen LogP contribution in [0.3, 0.4) is 0 Å². The van der Waals surface area contributed by atoms with Crippen LogP contribution in [0.2, 0.25) is 5.02 Å². The van der Waals surface area contributed by atoms with Gasteiger partial charge < -0.3 is 14.4 Å². The molecule has 1 spiro atoms. The van der Waals surface area contributed by atoms with Crippen molar-refractivity contribution < 1.29 is 19.1 Å². The summed E-state index contributed by atoms with van der Waals surface area (Å²) in [5.41, 5.74) is 1.60.